The predicted octanol–water partition coefficient (Wildman–Crippen LogP) is 14.2. The number of ether oxygens (including phenoxy) is 1. The maximum absolute atomic E-state index is 6.59. The molecule has 55 heavy (non-hydrogen) atoms. The number of hydrogen-bond donors (Lipinski definition) is 1. The van der Waals surface area contributed by atoms with Gasteiger partial charge < -0.3 is 19.4 Å². The highest BCUT2D eigenvalue weighted by molar-refractivity contribution is 6.18. The highest BCUT2D eigenvalue weighted by atomic mass is 16.5. The lowest BCUT2D eigenvalue weighted by Crippen LogP contribution is -2.10. The van der Waals surface area contributed by atoms with Crippen LogP contribution in [0.25, 0.3) is 65.7 Å². The van der Waals surface area contributed by atoms with Gasteiger partial charge in [0, 0.05) is 33.1 Å². The van der Waals surface area contributed by atoms with Crippen LogP contribution in [0.3, 0.4) is 0 Å². The molecular formula is C51H34N2O2. The van der Waals surface area contributed by atoms with Crippen LogP contribution in [0.1, 0.15) is 11.8 Å². The van der Waals surface area contributed by atoms with Crippen molar-refractivity contribution < 1.29 is 9.15 Å². The third kappa shape index (κ3) is 5.22. The first-order valence-electron chi connectivity index (χ1n) is 18.7. The summed E-state index contributed by atoms with van der Waals surface area (Å²) in [4.78, 5) is 2.34. The number of benzene rings is 9. The van der Waals surface area contributed by atoms with Crippen LogP contribution in [-0.2, 0) is 0 Å². The quantitative estimate of drug-likeness (QED) is 0.175. The van der Waals surface area contributed by atoms with E-state index in [1.165, 1.54) is 21.9 Å². The molecule has 260 valence electrons. The molecule has 0 radical (unpaired) electrons. The summed E-state index contributed by atoms with van der Waals surface area (Å²) < 4.78 is 12.9. The number of para-hydroxylation sites is 1. The topological polar surface area (TPSA) is 37.6 Å². The summed E-state index contributed by atoms with van der Waals surface area (Å²) in [5.74, 6) is 0.909. The lowest BCUT2D eigenvalue weighted by molar-refractivity contribution is 0.262. The number of fused-ring (bicyclic) bond motifs is 9. The molecule has 1 aromatic heterocycles. The Morgan fingerprint density at radius 3 is 1.75 bits per heavy atom. The van der Waals surface area contributed by atoms with Gasteiger partial charge in [-0.05, 0) is 81.6 Å². The lowest BCUT2D eigenvalue weighted by Gasteiger charge is -2.26. The van der Waals surface area contributed by atoms with Crippen molar-refractivity contribution in [2.75, 3.05) is 10.2 Å². The molecule has 0 aliphatic carbocycles. The molecule has 0 saturated heterocycles. The van der Waals surface area contributed by atoms with Crippen molar-refractivity contribution >= 4 is 66.2 Å². The highest BCUT2D eigenvalue weighted by Crippen LogP contribution is 2.49. The smallest absolute Gasteiger partial charge is 0.196 e. The van der Waals surface area contributed by atoms with Gasteiger partial charge in [0.15, 0.2) is 12.0 Å². The molecule has 1 aliphatic heterocycles. The molecule has 0 bridgehead atoms. The van der Waals surface area contributed by atoms with Gasteiger partial charge in [0.25, 0.3) is 0 Å². The largest absolute Gasteiger partial charge is 0.464 e. The van der Waals surface area contributed by atoms with Gasteiger partial charge >= 0.3 is 0 Å². The van der Waals surface area contributed by atoms with Crippen LogP contribution >= 0.6 is 0 Å². The number of furan rings is 1. The molecule has 4 nitrogen and oxygen atoms in total. The molecule has 0 fully saturated rings. The predicted molar refractivity (Wildman–Crippen MR) is 228 cm³/mol. The summed E-state index contributed by atoms with van der Waals surface area (Å²) in [6.45, 7) is 0. The summed E-state index contributed by atoms with van der Waals surface area (Å²) in [5, 5.41) is 10.5. The molecular weight excluding hydrogens is 673 g/mol. The van der Waals surface area contributed by atoms with Gasteiger partial charge in [-0.25, -0.2) is 0 Å². The van der Waals surface area contributed by atoms with Gasteiger partial charge in [-0.2, -0.15) is 0 Å². The Morgan fingerprint density at radius 1 is 0.418 bits per heavy atom. The van der Waals surface area contributed by atoms with E-state index in [0.717, 1.165) is 77.9 Å². The van der Waals surface area contributed by atoms with E-state index < -0.39 is 0 Å². The van der Waals surface area contributed by atoms with Crippen molar-refractivity contribution in [2.45, 2.75) is 6.23 Å². The second-order valence-corrected chi connectivity index (χ2v) is 14.1. The summed E-state index contributed by atoms with van der Waals surface area (Å²) in [5.41, 5.74) is 11.8. The first kappa shape index (κ1) is 31.2. The highest BCUT2D eigenvalue weighted by Gasteiger charge is 2.28. The first-order chi connectivity index (χ1) is 27.3. The minimum absolute atomic E-state index is 0.235. The van der Waals surface area contributed by atoms with Gasteiger partial charge in [-0.15, -0.1) is 0 Å². The van der Waals surface area contributed by atoms with Crippen LogP contribution in [0.15, 0.2) is 199 Å². The SMILES string of the molecule is c1ccc(-c2ccc(N(c3ccc(-c4ccc5c6c(c7ccccc7c5c4)OC(c4ccccc4)N6)cc3)c3cccc4oc5ccccc5c34)cc2)cc1. The van der Waals surface area contributed by atoms with Crippen LogP contribution in [0.5, 0.6) is 5.75 Å². The molecule has 0 amide bonds. The van der Waals surface area contributed by atoms with E-state index in [4.69, 9.17) is 9.15 Å². The van der Waals surface area contributed by atoms with Gasteiger partial charge in [0.1, 0.15) is 11.2 Å². The van der Waals surface area contributed by atoms with Crippen LogP contribution in [0, 0.1) is 0 Å². The fourth-order valence-electron chi connectivity index (χ4n) is 8.27. The van der Waals surface area contributed by atoms with Crippen LogP contribution < -0.4 is 15.0 Å². The van der Waals surface area contributed by atoms with Crippen molar-refractivity contribution in [1.29, 1.82) is 0 Å². The molecule has 1 aliphatic rings. The van der Waals surface area contributed by atoms with Crippen molar-refractivity contribution in [3.8, 4) is 28.0 Å². The second kappa shape index (κ2) is 12.7. The minimum atomic E-state index is -0.235. The summed E-state index contributed by atoms with van der Waals surface area (Å²) in [6.07, 6.45) is -0.235. The fraction of sp³-hybridized carbons (Fsp3) is 0.0196. The van der Waals surface area contributed by atoms with Crippen molar-refractivity contribution in [3.05, 3.63) is 200 Å². The zero-order valence-electron chi connectivity index (χ0n) is 29.8. The number of rotatable bonds is 6. The molecule has 0 saturated carbocycles. The van der Waals surface area contributed by atoms with Gasteiger partial charge in [-0.3, -0.25) is 0 Å². The van der Waals surface area contributed by atoms with Crippen molar-refractivity contribution in [3.63, 3.8) is 0 Å². The molecule has 1 atom stereocenters. The molecule has 9 aromatic carbocycles. The van der Waals surface area contributed by atoms with E-state index in [1.54, 1.807) is 0 Å². The maximum atomic E-state index is 6.59. The number of nitrogens with one attached hydrogen (secondary N) is 1. The number of anilines is 4. The molecule has 10 aromatic rings. The zero-order chi connectivity index (χ0) is 36.3. The van der Waals surface area contributed by atoms with E-state index in [9.17, 15) is 0 Å². The van der Waals surface area contributed by atoms with Gasteiger partial charge in [-0.1, -0.05) is 146 Å². The lowest BCUT2D eigenvalue weighted by atomic mass is 9.95. The Kier molecular flexibility index (Phi) is 7.20. The second-order valence-electron chi connectivity index (χ2n) is 14.1. The van der Waals surface area contributed by atoms with Crippen molar-refractivity contribution in [2.24, 2.45) is 0 Å². The summed E-state index contributed by atoms with van der Waals surface area (Å²) in [6, 6.07) is 68.6. The maximum Gasteiger partial charge on any atom is 0.196 e. The Hall–Kier alpha value is -7.30. The Bertz CT molecular complexity index is 3030. The van der Waals surface area contributed by atoms with Crippen LogP contribution in [0.4, 0.5) is 22.7 Å². The number of hydrogen-bond acceptors (Lipinski definition) is 4. The third-order valence-electron chi connectivity index (χ3n) is 10.9. The number of nitrogens with zero attached hydrogens (tertiary/aromatic N) is 1. The summed E-state index contributed by atoms with van der Waals surface area (Å²) in [7, 11) is 0. The third-order valence-corrected chi connectivity index (χ3v) is 10.9. The van der Waals surface area contributed by atoms with Gasteiger partial charge in [0.05, 0.1) is 16.8 Å². The van der Waals surface area contributed by atoms with E-state index in [0.29, 0.717) is 0 Å². The average molecular weight is 707 g/mol. The Labute approximate surface area is 318 Å². The molecule has 1 unspecified atom stereocenters. The Morgan fingerprint density at radius 2 is 1.00 bits per heavy atom. The molecule has 4 heteroatoms. The fourth-order valence-corrected chi connectivity index (χ4v) is 8.27. The normalized spacial score (nSPS) is 13.6. The Balaban J connectivity index is 1.02. The standard InChI is InChI=1S/C51H34N2O2/c1-3-12-33(13-4-1)34-22-27-38(28-23-34)53(45-19-11-21-47-48(45)43-18-9-10-20-46(43)54-47)39-29-24-35(25-30-39)37-26-31-41-44(32-37)40-16-7-8-17-42(40)50-49(41)52-51(55-50)36-14-5-2-6-15-36/h1-32,51-52H. The van der Waals surface area contributed by atoms with E-state index >= 15 is 0 Å². The molecule has 1 N–H and O–H groups in total. The van der Waals surface area contributed by atoms with E-state index in [1.807, 2.05) is 18.2 Å². The molecule has 11 rings (SSSR count). The van der Waals surface area contributed by atoms with Crippen molar-refractivity contribution in [1.82, 2.24) is 0 Å². The average Bonchev–Trinajstić information content (AvgIpc) is 3.89. The van der Waals surface area contributed by atoms with E-state index in [2.05, 4.69) is 186 Å². The summed E-state index contributed by atoms with van der Waals surface area (Å²) >= 11 is 0. The molecule has 2 heterocycles. The molecule has 0 spiro atoms. The monoisotopic (exact) mass is 706 g/mol. The van der Waals surface area contributed by atoms with Gasteiger partial charge in [0.2, 0.25) is 0 Å². The van der Waals surface area contributed by atoms with Crippen LogP contribution in [-0.4, -0.2) is 0 Å². The first-order valence-corrected chi connectivity index (χ1v) is 18.7. The van der Waals surface area contributed by atoms with E-state index in [-0.39, 0.29) is 6.23 Å². The zero-order valence-corrected chi connectivity index (χ0v) is 29.8. The minimum Gasteiger partial charge on any atom is -0.464 e. The van der Waals surface area contributed by atoms with Crippen LogP contribution in [0.2, 0.25) is 0 Å².